The zero-order valence-corrected chi connectivity index (χ0v) is 13.6. The van der Waals surface area contributed by atoms with Gasteiger partial charge in [0.1, 0.15) is 5.82 Å². The molecule has 104 valence electrons. The Morgan fingerprint density at radius 3 is 3.05 bits per heavy atom. The smallest absolute Gasteiger partial charge is 0.180 e. The number of nitrogens with one attached hydrogen (secondary N) is 1. The maximum Gasteiger partial charge on any atom is 0.180 e. The van der Waals surface area contributed by atoms with E-state index in [1.807, 2.05) is 30.9 Å². The summed E-state index contributed by atoms with van der Waals surface area (Å²) >= 11 is 5.18. The van der Waals surface area contributed by atoms with E-state index >= 15 is 0 Å². The van der Waals surface area contributed by atoms with Gasteiger partial charge in [0.25, 0.3) is 0 Å². The molecule has 5 nitrogen and oxygen atoms in total. The van der Waals surface area contributed by atoms with Crippen LogP contribution in [0.15, 0.2) is 33.8 Å². The van der Waals surface area contributed by atoms with Crippen molar-refractivity contribution in [2.24, 2.45) is 0 Å². The summed E-state index contributed by atoms with van der Waals surface area (Å²) in [6.07, 6.45) is 5.65. The highest BCUT2D eigenvalue weighted by Gasteiger charge is 2.12. The Hall–Kier alpha value is -1.60. The van der Waals surface area contributed by atoms with E-state index in [0.29, 0.717) is 0 Å². The molecule has 0 saturated heterocycles. The maximum atomic E-state index is 4.62. The van der Waals surface area contributed by atoms with E-state index in [4.69, 9.17) is 0 Å². The minimum Gasteiger partial charge on any atom is -0.372 e. The van der Waals surface area contributed by atoms with Crippen LogP contribution in [-0.4, -0.2) is 28.5 Å². The number of halogens is 1. The molecule has 3 rings (SSSR count). The summed E-state index contributed by atoms with van der Waals surface area (Å²) in [4.78, 5) is 11.1. The van der Waals surface area contributed by atoms with Crippen molar-refractivity contribution in [3.8, 4) is 0 Å². The predicted molar refractivity (Wildman–Crippen MR) is 86.7 cm³/mol. The number of hydrogen-bond donors (Lipinski definition) is 1. The van der Waals surface area contributed by atoms with Gasteiger partial charge in [-0.2, -0.15) is 0 Å². The van der Waals surface area contributed by atoms with E-state index in [0.717, 1.165) is 27.6 Å². The average Bonchev–Trinajstić information content (AvgIpc) is 3.06. The summed E-state index contributed by atoms with van der Waals surface area (Å²) in [5.74, 6) is 1.69. The third-order valence-electron chi connectivity index (χ3n) is 3.02. The van der Waals surface area contributed by atoms with Crippen LogP contribution in [0.5, 0.6) is 0 Å². The first-order valence-corrected chi connectivity index (χ1v) is 7.80. The van der Waals surface area contributed by atoms with Gasteiger partial charge in [0.15, 0.2) is 11.5 Å². The minimum absolute atomic E-state index is 0.796. The minimum atomic E-state index is 0.796. The molecule has 1 N–H and O–H groups in total. The number of aromatic nitrogens is 3. The lowest BCUT2D eigenvalue weighted by molar-refractivity contribution is 0.896. The highest BCUT2D eigenvalue weighted by Crippen LogP contribution is 2.25. The van der Waals surface area contributed by atoms with Gasteiger partial charge in [-0.3, -0.25) is 0 Å². The summed E-state index contributed by atoms with van der Waals surface area (Å²) in [5, 5.41) is 5.22. The molecule has 0 fully saturated rings. The number of rotatable bonds is 4. The van der Waals surface area contributed by atoms with E-state index in [2.05, 4.69) is 47.6 Å². The molecule has 0 bridgehead atoms. The molecule has 0 aliphatic rings. The summed E-state index contributed by atoms with van der Waals surface area (Å²) in [7, 11) is 3.90. The first kappa shape index (κ1) is 13.4. The van der Waals surface area contributed by atoms with E-state index in [9.17, 15) is 0 Å². The lowest BCUT2D eigenvalue weighted by atomic mass is 10.3. The largest absolute Gasteiger partial charge is 0.372 e. The van der Waals surface area contributed by atoms with Crippen molar-refractivity contribution in [3.63, 3.8) is 0 Å². The Kier molecular flexibility index (Phi) is 3.62. The summed E-state index contributed by atoms with van der Waals surface area (Å²) in [6, 6.07) is 2.13. The topological polar surface area (TPSA) is 45.5 Å². The number of thiophene rings is 1. The molecule has 0 aliphatic carbocycles. The van der Waals surface area contributed by atoms with Crippen LogP contribution in [0.4, 0.5) is 11.6 Å². The summed E-state index contributed by atoms with van der Waals surface area (Å²) in [6.45, 7) is 0.796. The van der Waals surface area contributed by atoms with Crippen LogP contribution in [0.3, 0.4) is 0 Å². The van der Waals surface area contributed by atoms with Crippen LogP contribution in [-0.2, 0) is 6.54 Å². The molecule has 0 atom stereocenters. The molecule has 0 saturated carbocycles. The van der Waals surface area contributed by atoms with Crippen LogP contribution in [0.1, 0.15) is 5.56 Å². The molecule has 0 aliphatic heterocycles. The Labute approximate surface area is 129 Å². The maximum absolute atomic E-state index is 4.62. The molecular formula is C13H14BrN5S. The average molecular weight is 352 g/mol. The van der Waals surface area contributed by atoms with Gasteiger partial charge in [-0.25, -0.2) is 9.97 Å². The second kappa shape index (κ2) is 5.41. The fraction of sp³-hybridized carbons (Fsp3) is 0.231. The zero-order valence-electron chi connectivity index (χ0n) is 11.2. The van der Waals surface area contributed by atoms with Crippen molar-refractivity contribution >= 4 is 44.5 Å². The van der Waals surface area contributed by atoms with Gasteiger partial charge in [-0.05, 0) is 32.9 Å². The van der Waals surface area contributed by atoms with Gasteiger partial charge < -0.3 is 14.6 Å². The molecule has 0 aromatic carbocycles. The number of nitrogens with zero attached hydrogens (tertiary/aromatic N) is 4. The van der Waals surface area contributed by atoms with E-state index in [1.165, 1.54) is 5.56 Å². The normalized spacial score (nSPS) is 10.9. The third-order valence-corrected chi connectivity index (χ3v) is 4.57. The second-order valence-corrected chi connectivity index (χ2v) is 6.76. The third kappa shape index (κ3) is 2.51. The lowest BCUT2D eigenvalue weighted by Crippen LogP contribution is -2.19. The Bertz CT molecular complexity index is 735. The van der Waals surface area contributed by atoms with Crippen LogP contribution in [0, 0.1) is 0 Å². The van der Waals surface area contributed by atoms with Crippen molar-refractivity contribution in [3.05, 3.63) is 39.4 Å². The second-order valence-electron chi connectivity index (χ2n) is 4.47. The lowest BCUT2D eigenvalue weighted by Gasteiger charge is -2.19. The zero-order chi connectivity index (χ0) is 14.1. The van der Waals surface area contributed by atoms with Crippen LogP contribution in [0.2, 0.25) is 0 Å². The molecule has 3 aromatic heterocycles. The van der Waals surface area contributed by atoms with Gasteiger partial charge in [-0.15, -0.1) is 11.3 Å². The number of anilines is 2. The first-order valence-electron chi connectivity index (χ1n) is 6.13. The molecular weight excluding hydrogens is 338 g/mol. The molecule has 0 radical (unpaired) electrons. The fourth-order valence-corrected chi connectivity index (χ4v) is 3.27. The molecule has 20 heavy (non-hydrogen) atoms. The Morgan fingerprint density at radius 1 is 1.50 bits per heavy atom. The highest BCUT2D eigenvalue weighted by molar-refractivity contribution is 9.11. The number of hydrogen-bond acceptors (Lipinski definition) is 5. The van der Waals surface area contributed by atoms with Crippen LogP contribution in [0.25, 0.3) is 5.65 Å². The Balaban J connectivity index is 1.97. The van der Waals surface area contributed by atoms with Gasteiger partial charge >= 0.3 is 0 Å². The van der Waals surface area contributed by atoms with Gasteiger partial charge in [0.05, 0.1) is 9.98 Å². The van der Waals surface area contributed by atoms with Crippen molar-refractivity contribution in [2.45, 2.75) is 6.54 Å². The van der Waals surface area contributed by atoms with Crippen molar-refractivity contribution in [1.82, 2.24) is 14.4 Å². The molecule has 0 unspecified atom stereocenters. The molecule has 3 heterocycles. The standard InChI is InChI=1S/C13H14BrN5S/c1-15-11-7-19-4-3-16-12(19)13(17-11)18(2)6-9-5-10(14)20-8-9/h3-5,7-8,15H,6H2,1-2H3. The molecule has 3 aromatic rings. The van der Waals surface area contributed by atoms with Gasteiger partial charge in [0, 0.05) is 33.0 Å². The molecule has 0 amide bonds. The number of fused-ring (bicyclic) bond motifs is 1. The van der Waals surface area contributed by atoms with E-state index in [-0.39, 0.29) is 0 Å². The number of imidazole rings is 1. The predicted octanol–water partition coefficient (Wildman–Crippen LogP) is 3.23. The van der Waals surface area contributed by atoms with Crippen molar-refractivity contribution in [2.75, 3.05) is 24.3 Å². The fourth-order valence-electron chi connectivity index (χ4n) is 2.07. The molecule has 0 spiro atoms. The van der Waals surface area contributed by atoms with E-state index < -0.39 is 0 Å². The SMILES string of the molecule is CNc1cn2ccnc2c(N(C)Cc2csc(Br)c2)n1. The van der Waals surface area contributed by atoms with Crippen LogP contribution < -0.4 is 10.2 Å². The monoisotopic (exact) mass is 351 g/mol. The summed E-state index contributed by atoms with van der Waals surface area (Å²) < 4.78 is 3.12. The summed E-state index contributed by atoms with van der Waals surface area (Å²) in [5.41, 5.74) is 2.12. The van der Waals surface area contributed by atoms with Gasteiger partial charge in [-0.1, -0.05) is 0 Å². The van der Waals surface area contributed by atoms with Crippen molar-refractivity contribution < 1.29 is 0 Å². The first-order chi connectivity index (χ1) is 9.67. The molecule has 7 heteroatoms. The van der Waals surface area contributed by atoms with Crippen molar-refractivity contribution in [1.29, 1.82) is 0 Å². The quantitative estimate of drug-likeness (QED) is 0.783. The van der Waals surface area contributed by atoms with Gasteiger partial charge in [0.2, 0.25) is 0 Å². The Morgan fingerprint density at radius 2 is 2.35 bits per heavy atom. The van der Waals surface area contributed by atoms with E-state index in [1.54, 1.807) is 17.5 Å². The highest BCUT2D eigenvalue weighted by atomic mass is 79.9. The van der Waals surface area contributed by atoms with Crippen LogP contribution >= 0.6 is 27.3 Å².